The molecule has 0 atom stereocenters. The van der Waals surface area contributed by atoms with Crippen molar-refractivity contribution in [3.05, 3.63) is 40.7 Å². The lowest BCUT2D eigenvalue weighted by Gasteiger charge is -1.97. The molecule has 0 amide bonds. The third kappa shape index (κ3) is 1.78. The number of aromatic nitrogens is 2. The molecular weight excluding hydrogens is 200 g/mol. The maximum Gasteiger partial charge on any atom is 0.354 e. The quantitative estimate of drug-likeness (QED) is 0.754. The zero-order valence-corrected chi connectivity index (χ0v) is 7.43. The van der Waals surface area contributed by atoms with Crippen molar-refractivity contribution >= 4 is 5.97 Å². The Morgan fingerprint density at radius 3 is 2.93 bits per heavy atom. The minimum atomic E-state index is -1.24. The van der Waals surface area contributed by atoms with E-state index in [1.165, 1.54) is 12.5 Å². The zero-order chi connectivity index (χ0) is 10.8. The molecule has 0 spiro atoms. The summed E-state index contributed by atoms with van der Waals surface area (Å²) in [5.74, 6) is -1.07. The number of aromatic carboxylic acids is 1. The molecular formula is C9H6N2O4. The van der Waals surface area contributed by atoms with Crippen LogP contribution in [0, 0.1) is 0 Å². The molecule has 0 bridgehead atoms. The molecule has 2 rings (SSSR count). The van der Waals surface area contributed by atoms with Crippen molar-refractivity contribution in [3.8, 4) is 11.4 Å². The predicted molar refractivity (Wildman–Crippen MR) is 49.5 cm³/mol. The second-order valence-electron chi connectivity index (χ2n) is 2.80. The van der Waals surface area contributed by atoms with E-state index in [4.69, 9.17) is 9.52 Å². The Labute approximate surface area is 83.2 Å². The number of H-pyrrole nitrogens is 1. The summed E-state index contributed by atoms with van der Waals surface area (Å²) in [6, 6.07) is 2.50. The van der Waals surface area contributed by atoms with Crippen molar-refractivity contribution in [2.45, 2.75) is 0 Å². The van der Waals surface area contributed by atoms with Gasteiger partial charge in [0, 0.05) is 6.07 Å². The van der Waals surface area contributed by atoms with E-state index in [0.29, 0.717) is 5.56 Å². The first-order valence-electron chi connectivity index (χ1n) is 4.04. The minimum absolute atomic E-state index is 0.175. The Balaban J connectivity index is 2.59. The van der Waals surface area contributed by atoms with Crippen LogP contribution in [0.1, 0.15) is 10.5 Å². The first-order chi connectivity index (χ1) is 7.16. The predicted octanol–water partition coefficient (Wildman–Crippen LogP) is 0.728. The highest BCUT2D eigenvalue weighted by atomic mass is 16.4. The number of furan rings is 1. The molecule has 2 aromatic heterocycles. The summed E-state index contributed by atoms with van der Waals surface area (Å²) >= 11 is 0. The number of nitrogens with one attached hydrogen (secondary N) is 1. The SMILES string of the molecule is O=C(O)c1cc(=O)[nH]c(-c2ccoc2)n1. The minimum Gasteiger partial charge on any atom is -0.477 e. The lowest BCUT2D eigenvalue weighted by molar-refractivity contribution is 0.0690. The van der Waals surface area contributed by atoms with E-state index < -0.39 is 11.5 Å². The van der Waals surface area contributed by atoms with E-state index in [0.717, 1.165) is 6.07 Å². The monoisotopic (exact) mass is 206 g/mol. The highest BCUT2D eigenvalue weighted by molar-refractivity contribution is 5.85. The number of rotatable bonds is 2. The van der Waals surface area contributed by atoms with Crippen LogP contribution < -0.4 is 5.56 Å². The second kappa shape index (κ2) is 3.41. The standard InChI is InChI=1S/C9H6N2O4/c12-7-3-6(9(13)14)10-8(11-7)5-1-2-15-4-5/h1-4H,(H,13,14)(H,10,11,12). The molecule has 2 heterocycles. The van der Waals surface area contributed by atoms with E-state index in [2.05, 4.69) is 9.97 Å². The van der Waals surface area contributed by atoms with Gasteiger partial charge in [-0.15, -0.1) is 0 Å². The lowest BCUT2D eigenvalue weighted by atomic mass is 10.3. The average molecular weight is 206 g/mol. The summed E-state index contributed by atoms with van der Waals surface area (Å²) < 4.78 is 4.80. The van der Waals surface area contributed by atoms with Gasteiger partial charge in [-0.3, -0.25) is 4.79 Å². The van der Waals surface area contributed by atoms with Crippen LogP contribution in [0.3, 0.4) is 0 Å². The molecule has 6 nitrogen and oxygen atoms in total. The summed E-state index contributed by atoms with van der Waals surface area (Å²) in [5, 5.41) is 8.69. The van der Waals surface area contributed by atoms with Gasteiger partial charge in [-0.1, -0.05) is 0 Å². The van der Waals surface area contributed by atoms with Crippen LogP contribution in [0.25, 0.3) is 11.4 Å². The van der Waals surface area contributed by atoms with E-state index in [1.807, 2.05) is 0 Å². The van der Waals surface area contributed by atoms with E-state index in [1.54, 1.807) is 6.07 Å². The Bertz CT molecular complexity index is 541. The normalized spacial score (nSPS) is 10.1. The average Bonchev–Trinajstić information content (AvgIpc) is 2.69. The number of hydrogen-bond acceptors (Lipinski definition) is 4. The van der Waals surface area contributed by atoms with Gasteiger partial charge in [-0.2, -0.15) is 0 Å². The number of aromatic amines is 1. The van der Waals surface area contributed by atoms with Crippen LogP contribution in [0.15, 0.2) is 33.9 Å². The molecule has 2 aromatic rings. The first kappa shape index (κ1) is 9.20. The highest BCUT2D eigenvalue weighted by Crippen LogP contribution is 2.13. The molecule has 0 aliphatic rings. The molecule has 0 saturated carbocycles. The zero-order valence-electron chi connectivity index (χ0n) is 7.43. The fourth-order valence-corrected chi connectivity index (χ4v) is 1.10. The maximum atomic E-state index is 11.1. The number of hydrogen-bond donors (Lipinski definition) is 2. The van der Waals surface area contributed by atoms with Crippen LogP contribution in [0.4, 0.5) is 0 Å². The van der Waals surface area contributed by atoms with E-state index in [9.17, 15) is 9.59 Å². The number of carbonyl (C=O) groups is 1. The molecule has 0 aliphatic heterocycles. The van der Waals surface area contributed by atoms with Gasteiger partial charge in [0.1, 0.15) is 12.1 Å². The van der Waals surface area contributed by atoms with Gasteiger partial charge in [0.15, 0.2) is 5.69 Å². The van der Waals surface area contributed by atoms with Crippen LogP contribution in [0.5, 0.6) is 0 Å². The van der Waals surface area contributed by atoms with Crippen molar-refractivity contribution < 1.29 is 14.3 Å². The van der Waals surface area contributed by atoms with Crippen LogP contribution in [-0.4, -0.2) is 21.0 Å². The molecule has 0 fully saturated rings. The Morgan fingerprint density at radius 1 is 1.53 bits per heavy atom. The molecule has 6 heteroatoms. The molecule has 0 aromatic carbocycles. The number of carboxylic acids is 1. The molecule has 76 valence electrons. The van der Waals surface area contributed by atoms with E-state index in [-0.39, 0.29) is 11.5 Å². The first-order valence-corrected chi connectivity index (χ1v) is 4.04. The molecule has 2 N–H and O–H groups in total. The van der Waals surface area contributed by atoms with Gasteiger partial charge in [0.25, 0.3) is 5.56 Å². The van der Waals surface area contributed by atoms with Crippen LogP contribution >= 0.6 is 0 Å². The topological polar surface area (TPSA) is 96.2 Å². The molecule has 0 aliphatic carbocycles. The van der Waals surface area contributed by atoms with Gasteiger partial charge in [0.05, 0.1) is 11.8 Å². The Morgan fingerprint density at radius 2 is 2.33 bits per heavy atom. The van der Waals surface area contributed by atoms with Gasteiger partial charge < -0.3 is 14.5 Å². The summed E-state index contributed by atoms with van der Waals surface area (Å²) in [6.45, 7) is 0. The third-order valence-corrected chi connectivity index (χ3v) is 1.76. The van der Waals surface area contributed by atoms with Crippen molar-refractivity contribution in [2.75, 3.05) is 0 Å². The van der Waals surface area contributed by atoms with Crippen LogP contribution in [0.2, 0.25) is 0 Å². The van der Waals surface area contributed by atoms with Gasteiger partial charge in [-0.25, -0.2) is 9.78 Å². The smallest absolute Gasteiger partial charge is 0.354 e. The lowest BCUT2D eigenvalue weighted by Crippen LogP contribution is -2.13. The molecule has 15 heavy (non-hydrogen) atoms. The maximum absolute atomic E-state index is 11.1. The van der Waals surface area contributed by atoms with Crippen molar-refractivity contribution in [1.82, 2.24) is 9.97 Å². The van der Waals surface area contributed by atoms with E-state index >= 15 is 0 Å². The van der Waals surface area contributed by atoms with Crippen LogP contribution in [-0.2, 0) is 0 Å². The van der Waals surface area contributed by atoms with Gasteiger partial charge in [0.2, 0.25) is 0 Å². The fourth-order valence-electron chi connectivity index (χ4n) is 1.10. The van der Waals surface area contributed by atoms with Crippen molar-refractivity contribution in [3.63, 3.8) is 0 Å². The Hall–Kier alpha value is -2.37. The van der Waals surface area contributed by atoms with Crippen molar-refractivity contribution in [1.29, 1.82) is 0 Å². The van der Waals surface area contributed by atoms with Gasteiger partial charge >= 0.3 is 5.97 Å². The fraction of sp³-hybridized carbons (Fsp3) is 0. The summed E-state index contributed by atoms with van der Waals surface area (Å²) in [6.07, 6.45) is 2.77. The largest absolute Gasteiger partial charge is 0.477 e. The summed E-state index contributed by atoms with van der Waals surface area (Å²) in [4.78, 5) is 27.9. The summed E-state index contributed by atoms with van der Waals surface area (Å²) in [5.41, 5.74) is -0.288. The van der Waals surface area contributed by atoms with Crippen molar-refractivity contribution in [2.24, 2.45) is 0 Å². The number of carboxylic acid groups (broad SMARTS) is 1. The highest BCUT2D eigenvalue weighted by Gasteiger charge is 2.09. The third-order valence-electron chi connectivity index (χ3n) is 1.76. The molecule has 0 saturated heterocycles. The molecule has 0 unspecified atom stereocenters. The number of nitrogens with zero attached hydrogens (tertiary/aromatic N) is 1. The Kier molecular flexibility index (Phi) is 2.09. The molecule has 0 radical (unpaired) electrons. The van der Waals surface area contributed by atoms with Gasteiger partial charge in [-0.05, 0) is 6.07 Å². The second-order valence-corrected chi connectivity index (χ2v) is 2.80. The summed E-state index contributed by atoms with van der Waals surface area (Å²) in [7, 11) is 0.